The third kappa shape index (κ3) is 3.65. The highest BCUT2D eigenvalue weighted by molar-refractivity contribution is 5.93. The minimum absolute atomic E-state index is 0.240. The lowest BCUT2D eigenvalue weighted by molar-refractivity contribution is -0.171. The van der Waals surface area contributed by atoms with E-state index in [-0.39, 0.29) is 17.7 Å². The third-order valence-electron chi connectivity index (χ3n) is 6.23. The summed E-state index contributed by atoms with van der Waals surface area (Å²) >= 11 is 0. The predicted molar refractivity (Wildman–Crippen MR) is 104 cm³/mol. The number of fused-ring (bicyclic) bond motifs is 1. The van der Waals surface area contributed by atoms with Crippen LogP contribution >= 0.6 is 0 Å². The van der Waals surface area contributed by atoms with Crippen LogP contribution < -0.4 is 5.32 Å². The Kier molecular flexibility index (Phi) is 4.69. The van der Waals surface area contributed by atoms with Crippen LogP contribution in [0.1, 0.15) is 23.8 Å². The molecule has 5 rings (SSSR count). The normalized spacial score (nSPS) is 25.9. The fourth-order valence-corrected chi connectivity index (χ4v) is 4.42. The molecule has 0 bridgehead atoms. The molecule has 2 aromatic rings. The number of nitrogens with one attached hydrogen (secondary N) is 1. The molecule has 3 atom stereocenters. The van der Waals surface area contributed by atoms with Crippen LogP contribution in [-0.2, 0) is 9.47 Å². The Bertz CT molecular complexity index is 930. The van der Waals surface area contributed by atoms with Gasteiger partial charge in [0, 0.05) is 43.7 Å². The number of hydrogen-bond donors (Lipinski definition) is 1. The van der Waals surface area contributed by atoms with Crippen LogP contribution in [0.4, 0.5) is 4.79 Å². The van der Waals surface area contributed by atoms with Crippen molar-refractivity contribution in [3.63, 3.8) is 0 Å². The second-order valence-electron chi connectivity index (χ2n) is 8.57. The summed E-state index contributed by atoms with van der Waals surface area (Å²) in [6.07, 6.45) is 3.98. The third-order valence-corrected chi connectivity index (χ3v) is 6.23. The van der Waals surface area contributed by atoms with Gasteiger partial charge in [0.25, 0.3) is 5.91 Å². The summed E-state index contributed by atoms with van der Waals surface area (Å²) in [7, 11) is 0. The average Bonchev–Trinajstić information content (AvgIpc) is 3.12. The molecule has 1 N–H and O–H groups in total. The van der Waals surface area contributed by atoms with Crippen LogP contribution in [0.5, 0.6) is 0 Å². The molecule has 0 aromatic carbocycles. The fourth-order valence-electron chi connectivity index (χ4n) is 4.42. The van der Waals surface area contributed by atoms with Gasteiger partial charge in [0.15, 0.2) is 17.1 Å². The van der Waals surface area contributed by atoms with Crippen LogP contribution in [0.25, 0.3) is 11.3 Å². The van der Waals surface area contributed by atoms with Gasteiger partial charge in [-0.25, -0.2) is 4.79 Å². The lowest BCUT2D eigenvalue weighted by atomic mass is 10.1. The van der Waals surface area contributed by atoms with Crippen LogP contribution in [0, 0.1) is 17.8 Å². The predicted octanol–water partition coefficient (Wildman–Crippen LogP) is 1.96. The van der Waals surface area contributed by atoms with E-state index in [0.717, 1.165) is 25.1 Å². The van der Waals surface area contributed by atoms with Gasteiger partial charge in [-0.2, -0.15) is 0 Å². The fraction of sp³-hybridized carbons (Fsp3) is 0.524. The minimum Gasteiger partial charge on any atom is -0.438 e. The molecule has 1 aliphatic carbocycles. The van der Waals surface area contributed by atoms with E-state index in [1.54, 1.807) is 29.4 Å². The Morgan fingerprint density at radius 2 is 2.13 bits per heavy atom. The molecule has 30 heavy (non-hydrogen) atoms. The van der Waals surface area contributed by atoms with Crippen LogP contribution in [0.15, 0.2) is 35.1 Å². The maximum absolute atomic E-state index is 12.3. The van der Waals surface area contributed by atoms with Gasteiger partial charge in [0.1, 0.15) is 0 Å². The van der Waals surface area contributed by atoms with E-state index in [1.165, 1.54) is 0 Å². The van der Waals surface area contributed by atoms with E-state index in [1.807, 2.05) is 13.0 Å². The molecule has 3 aliphatic rings. The molecule has 9 nitrogen and oxygen atoms in total. The van der Waals surface area contributed by atoms with Gasteiger partial charge in [0.05, 0.1) is 13.2 Å². The van der Waals surface area contributed by atoms with E-state index < -0.39 is 5.60 Å². The summed E-state index contributed by atoms with van der Waals surface area (Å²) in [5, 5.41) is 6.76. The van der Waals surface area contributed by atoms with E-state index in [0.29, 0.717) is 43.3 Å². The van der Waals surface area contributed by atoms with Gasteiger partial charge in [-0.1, -0.05) is 5.16 Å². The van der Waals surface area contributed by atoms with Gasteiger partial charge < -0.3 is 24.2 Å². The van der Waals surface area contributed by atoms with Crippen molar-refractivity contribution in [1.29, 1.82) is 0 Å². The van der Waals surface area contributed by atoms with Crippen molar-refractivity contribution in [2.75, 3.05) is 32.8 Å². The number of piperidine rings is 1. The number of pyridine rings is 1. The monoisotopic (exact) mass is 412 g/mol. The molecule has 4 heterocycles. The summed E-state index contributed by atoms with van der Waals surface area (Å²) in [6, 6.07) is 5.27. The zero-order chi connectivity index (χ0) is 20.7. The lowest BCUT2D eigenvalue weighted by Gasteiger charge is -2.38. The Morgan fingerprint density at radius 3 is 2.80 bits per heavy atom. The summed E-state index contributed by atoms with van der Waals surface area (Å²) < 4.78 is 15.9. The Labute approximate surface area is 173 Å². The molecule has 3 fully saturated rings. The topological polar surface area (TPSA) is 107 Å². The van der Waals surface area contributed by atoms with Crippen LogP contribution in [-0.4, -0.2) is 65.5 Å². The molecule has 0 spiro atoms. The largest absolute Gasteiger partial charge is 0.438 e. The first-order valence-electron chi connectivity index (χ1n) is 10.2. The van der Waals surface area contributed by atoms with Gasteiger partial charge in [0.2, 0.25) is 0 Å². The van der Waals surface area contributed by atoms with E-state index in [2.05, 4.69) is 15.5 Å². The van der Waals surface area contributed by atoms with Crippen LogP contribution in [0.3, 0.4) is 0 Å². The molecule has 9 heteroatoms. The minimum atomic E-state index is -0.467. The molecule has 1 saturated carbocycles. The second-order valence-corrected chi connectivity index (χ2v) is 8.57. The van der Waals surface area contributed by atoms with E-state index in [4.69, 9.17) is 14.0 Å². The maximum Gasteiger partial charge on any atom is 0.410 e. The molecule has 2 aromatic heterocycles. The van der Waals surface area contributed by atoms with Gasteiger partial charge >= 0.3 is 6.09 Å². The first-order chi connectivity index (χ1) is 14.5. The molecule has 0 radical (unpaired) electrons. The maximum atomic E-state index is 12.3. The number of rotatable bonds is 6. The Morgan fingerprint density at radius 1 is 1.33 bits per heavy atom. The number of likely N-dealkylation sites (tertiary alicyclic amines) is 1. The smallest absolute Gasteiger partial charge is 0.410 e. The SMILES string of the molecule is CC1(OC(=O)N2C[C@@H]3C(CCNC(=O)c4cc(-c5cccnc5)on4)[C@@H]3C2)COC1. The number of carbonyl (C=O) groups is 2. The molecule has 2 saturated heterocycles. The highest BCUT2D eigenvalue weighted by Gasteiger charge is 2.56. The van der Waals surface area contributed by atoms with Crippen molar-refractivity contribution in [1.82, 2.24) is 20.4 Å². The second kappa shape index (κ2) is 7.39. The number of hydrogen-bond acceptors (Lipinski definition) is 7. The zero-order valence-electron chi connectivity index (χ0n) is 16.7. The summed E-state index contributed by atoms with van der Waals surface area (Å²) in [4.78, 5) is 30.4. The first kappa shape index (κ1) is 19.0. The lowest BCUT2D eigenvalue weighted by Crippen LogP contribution is -2.52. The molecule has 158 valence electrons. The van der Waals surface area contributed by atoms with E-state index >= 15 is 0 Å². The van der Waals surface area contributed by atoms with Crippen molar-refractivity contribution in [2.45, 2.75) is 18.9 Å². The number of ether oxygens (including phenoxy) is 2. The van der Waals surface area contributed by atoms with Crippen molar-refractivity contribution < 1.29 is 23.6 Å². The average molecular weight is 412 g/mol. The Hall–Kier alpha value is -2.94. The molecule has 2 amide bonds. The van der Waals surface area contributed by atoms with E-state index in [9.17, 15) is 9.59 Å². The van der Waals surface area contributed by atoms with Gasteiger partial charge in [-0.15, -0.1) is 0 Å². The number of amides is 2. The first-order valence-corrected chi connectivity index (χ1v) is 10.2. The van der Waals surface area contributed by atoms with Crippen molar-refractivity contribution in [2.24, 2.45) is 17.8 Å². The molecule has 1 unspecified atom stereocenters. The molecular weight excluding hydrogens is 388 g/mol. The van der Waals surface area contributed by atoms with Gasteiger partial charge in [-0.05, 0) is 43.2 Å². The van der Waals surface area contributed by atoms with Crippen molar-refractivity contribution >= 4 is 12.0 Å². The highest BCUT2D eigenvalue weighted by Crippen LogP contribution is 2.53. The summed E-state index contributed by atoms with van der Waals surface area (Å²) in [5.74, 6) is 1.81. The Balaban J connectivity index is 1.04. The van der Waals surface area contributed by atoms with Crippen molar-refractivity contribution in [3.8, 4) is 11.3 Å². The molecule has 2 aliphatic heterocycles. The zero-order valence-corrected chi connectivity index (χ0v) is 16.7. The number of carbonyl (C=O) groups excluding carboxylic acids is 2. The number of nitrogens with zero attached hydrogens (tertiary/aromatic N) is 3. The highest BCUT2D eigenvalue weighted by atomic mass is 16.6. The summed E-state index contributed by atoms with van der Waals surface area (Å²) in [6.45, 7) is 4.87. The number of aromatic nitrogens is 2. The summed E-state index contributed by atoms with van der Waals surface area (Å²) in [5.41, 5.74) is 0.565. The van der Waals surface area contributed by atoms with Crippen molar-refractivity contribution in [3.05, 3.63) is 36.3 Å². The quantitative estimate of drug-likeness (QED) is 0.773. The standard InChI is InChI=1S/C21H24N4O5/c1-21(11-28-12-21)29-20(27)25-9-15-14(16(15)10-25)4-6-23-19(26)17-7-18(30-24-17)13-3-2-5-22-8-13/h2-3,5,7-8,14-16H,4,6,9-12H2,1H3,(H,23,26)/t14?,15-,16+. The van der Waals surface area contributed by atoms with Crippen LogP contribution in [0.2, 0.25) is 0 Å². The van der Waals surface area contributed by atoms with Gasteiger partial charge in [-0.3, -0.25) is 9.78 Å². The molecular formula is C21H24N4O5.